The zero-order valence-electron chi connectivity index (χ0n) is 12.7. The lowest BCUT2D eigenvalue weighted by molar-refractivity contribution is 0.687. The first-order valence-corrected chi connectivity index (χ1v) is 7.37. The van der Waals surface area contributed by atoms with E-state index in [1.165, 1.54) is 0 Å². The van der Waals surface area contributed by atoms with E-state index in [0.29, 0.717) is 5.92 Å². The van der Waals surface area contributed by atoms with Crippen LogP contribution in [-0.4, -0.2) is 20.9 Å². The molecule has 3 aromatic rings. The van der Waals surface area contributed by atoms with Crippen molar-refractivity contribution in [1.29, 1.82) is 0 Å². The molecular weight excluding hydrogens is 272 g/mol. The summed E-state index contributed by atoms with van der Waals surface area (Å²) in [5.41, 5.74) is 2.53. The van der Waals surface area contributed by atoms with Gasteiger partial charge in [-0.3, -0.25) is 0 Å². The molecule has 0 unspecified atom stereocenters. The van der Waals surface area contributed by atoms with E-state index < -0.39 is 0 Å². The lowest BCUT2D eigenvalue weighted by Crippen LogP contribution is -2.11. The number of nitrogens with one attached hydrogen (secondary N) is 1. The van der Waals surface area contributed by atoms with Gasteiger partial charge in [0.1, 0.15) is 5.69 Å². The molecule has 2 aromatic heterocycles. The Balaban J connectivity index is 1.95. The maximum atomic E-state index is 4.59. The summed E-state index contributed by atoms with van der Waals surface area (Å²) in [5, 5.41) is 3.35. The van der Waals surface area contributed by atoms with Crippen LogP contribution >= 0.6 is 0 Å². The first kappa shape index (κ1) is 14.2. The number of anilines is 1. The van der Waals surface area contributed by atoms with Crippen molar-refractivity contribution >= 4 is 11.5 Å². The fourth-order valence-corrected chi connectivity index (χ4v) is 2.07. The van der Waals surface area contributed by atoms with E-state index in [1.807, 2.05) is 47.1 Å². The Bertz CT molecular complexity index is 822. The van der Waals surface area contributed by atoms with Crippen molar-refractivity contribution in [1.82, 2.24) is 14.4 Å². The number of fused-ring (bicyclic) bond motifs is 1. The van der Waals surface area contributed by atoms with E-state index in [0.717, 1.165) is 29.3 Å². The van der Waals surface area contributed by atoms with Gasteiger partial charge in [0.15, 0.2) is 11.5 Å². The quantitative estimate of drug-likeness (QED) is 0.753. The Morgan fingerprint density at radius 2 is 2.00 bits per heavy atom. The molecular formula is C18H18N4. The molecule has 0 radical (unpaired) electrons. The third-order valence-corrected chi connectivity index (χ3v) is 3.16. The minimum atomic E-state index is 0.538. The maximum Gasteiger partial charge on any atom is 0.180 e. The van der Waals surface area contributed by atoms with Crippen molar-refractivity contribution in [3.63, 3.8) is 0 Å². The molecule has 4 nitrogen and oxygen atoms in total. The second-order valence-electron chi connectivity index (χ2n) is 5.52. The Labute approximate surface area is 130 Å². The van der Waals surface area contributed by atoms with Crippen molar-refractivity contribution < 1.29 is 0 Å². The number of hydrogen-bond donors (Lipinski definition) is 1. The fourth-order valence-electron chi connectivity index (χ4n) is 2.07. The Morgan fingerprint density at radius 1 is 1.18 bits per heavy atom. The summed E-state index contributed by atoms with van der Waals surface area (Å²) in [4.78, 5) is 8.94. The fraction of sp³-hybridized carbons (Fsp3) is 0.222. The third-order valence-electron chi connectivity index (χ3n) is 3.16. The van der Waals surface area contributed by atoms with E-state index in [2.05, 4.69) is 41.0 Å². The van der Waals surface area contributed by atoms with Crippen molar-refractivity contribution in [2.75, 3.05) is 11.9 Å². The van der Waals surface area contributed by atoms with Crippen LogP contribution in [-0.2, 0) is 0 Å². The van der Waals surface area contributed by atoms with Crippen LogP contribution in [0.25, 0.3) is 5.65 Å². The van der Waals surface area contributed by atoms with Crippen molar-refractivity contribution in [3.05, 3.63) is 60.2 Å². The van der Waals surface area contributed by atoms with Gasteiger partial charge in [0.25, 0.3) is 0 Å². The molecule has 1 N–H and O–H groups in total. The monoisotopic (exact) mass is 290 g/mol. The molecule has 0 amide bonds. The van der Waals surface area contributed by atoms with Crippen LogP contribution in [0.3, 0.4) is 0 Å². The largest absolute Gasteiger partial charge is 0.367 e. The average Bonchev–Trinajstić information content (AvgIpc) is 3.00. The van der Waals surface area contributed by atoms with Gasteiger partial charge in [-0.25, -0.2) is 9.97 Å². The number of hydrogen-bond acceptors (Lipinski definition) is 3. The van der Waals surface area contributed by atoms with Gasteiger partial charge in [-0.1, -0.05) is 38.0 Å². The summed E-state index contributed by atoms with van der Waals surface area (Å²) in [6.45, 7) is 5.18. The molecule has 0 aliphatic carbocycles. The summed E-state index contributed by atoms with van der Waals surface area (Å²) in [5.74, 6) is 7.57. The molecule has 0 bridgehead atoms. The predicted octanol–water partition coefficient (Wildman–Crippen LogP) is 3.20. The molecule has 110 valence electrons. The van der Waals surface area contributed by atoms with Crippen molar-refractivity contribution in [2.24, 2.45) is 5.92 Å². The lowest BCUT2D eigenvalue weighted by Gasteiger charge is -2.09. The van der Waals surface area contributed by atoms with Crippen LogP contribution in [0.1, 0.15) is 25.1 Å². The van der Waals surface area contributed by atoms with Crippen LogP contribution in [0.4, 0.5) is 5.82 Å². The molecule has 0 fully saturated rings. The first-order valence-electron chi connectivity index (χ1n) is 7.37. The molecule has 0 atom stereocenters. The molecule has 22 heavy (non-hydrogen) atoms. The zero-order chi connectivity index (χ0) is 15.4. The van der Waals surface area contributed by atoms with Gasteiger partial charge in [0, 0.05) is 30.7 Å². The van der Waals surface area contributed by atoms with Crippen molar-refractivity contribution in [2.45, 2.75) is 13.8 Å². The van der Waals surface area contributed by atoms with E-state index in [9.17, 15) is 0 Å². The number of aromatic nitrogens is 3. The maximum absolute atomic E-state index is 4.59. The molecule has 0 aliphatic heterocycles. The molecule has 0 aliphatic rings. The molecule has 1 aromatic carbocycles. The first-order chi connectivity index (χ1) is 10.7. The van der Waals surface area contributed by atoms with Gasteiger partial charge in [-0.05, 0) is 24.0 Å². The van der Waals surface area contributed by atoms with Crippen LogP contribution < -0.4 is 5.32 Å². The SMILES string of the molecule is CC(C)CNc1nc(C#Cc2ccccc2)cn2ccnc12. The normalized spacial score (nSPS) is 10.5. The standard InChI is InChI=1S/C18H18N4/c1-14(2)12-20-17-18-19-10-11-22(18)13-16(21-17)9-8-15-6-4-3-5-7-15/h3-7,10-11,13-14H,12H2,1-2H3,(H,20,21). The van der Waals surface area contributed by atoms with Crippen LogP contribution in [0.15, 0.2) is 48.9 Å². The summed E-state index contributed by atoms with van der Waals surface area (Å²) < 4.78 is 1.95. The second-order valence-corrected chi connectivity index (χ2v) is 5.52. The van der Waals surface area contributed by atoms with Crippen molar-refractivity contribution in [3.8, 4) is 11.8 Å². The zero-order valence-corrected chi connectivity index (χ0v) is 12.7. The van der Waals surface area contributed by atoms with Crippen LogP contribution in [0.2, 0.25) is 0 Å². The Kier molecular flexibility index (Phi) is 4.06. The summed E-state index contributed by atoms with van der Waals surface area (Å²) in [6.07, 6.45) is 5.58. The van der Waals surface area contributed by atoms with E-state index >= 15 is 0 Å². The molecule has 3 rings (SSSR count). The van der Waals surface area contributed by atoms with E-state index in [4.69, 9.17) is 0 Å². The highest BCUT2D eigenvalue weighted by molar-refractivity contribution is 5.63. The lowest BCUT2D eigenvalue weighted by atomic mass is 10.2. The number of rotatable bonds is 3. The summed E-state index contributed by atoms with van der Waals surface area (Å²) >= 11 is 0. The minimum absolute atomic E-state index is 0.538. The molecule has 2 heterocycles. The van der Waals surface area contributed by atoms with Gasteiger partial charge in [0.2, 0.25) is 0 Å². The molecule has 0 saturated heterocycles. The van der Waals surface area contributed by atoms with Gasteiger partial charge in [-0.2, -0.15) is 0 Å². The highest BCUT2D eigenvalue weighted by Gasteiger charge is 2.06. The molecule has 4 heteroatoms. The van der Waals surface area contributed by atoms with E-state index in [-0.39, 0.29) is 0 Å². The van der Waals surface area contributed by atoms with Crippen LogP contribution in [0.5, 0.6) is 0 Å². The highest BCUT2D eigenvalue weighted by atomic mass is 15.1. The Morgan fingerprint density at radius 3 is 2.77 bits per heavy atom. The van der Waals surface area contributed by atoms with Gasteiger partial charge in [0.05, 0.1) is 0 Å². The Hall–Kier alpha value is -2.80. The minimum Gasteiger partial charge on any atom is -0.367 e. The average molecular weight is 290 g/mol. The topological polar surface area (TPSA) is 42.2 Å². The van der Waals surface area contributed by atoms with Gasteiger partial charge in [-0.15, -0.1) is 0 Å². The number of benzene rings is 1. The third kappa shape index (κ3) is 3.26. The van der Waals surface area contributed by atoms with Crippen LogP contribution in [0, 0.1) is 17.8 Å². The summed E-state index contributed by atoms with van der Waals surface area (Å²) in [7, 11) is 0. The number of imidazole rings is 1. The summed E-state index contributed by atoms with van der Waals surface area (Å²) in [6, 6.07) is 9.91. The smallest absolute Gasteiger partial charge is 0.180 e. The van der Waals surface area contributed by atoms with E-state index in [1.54, 1.807) is 6.20 Å². The predicted molar refractivity (Wildman–Crippen MR) is 88.7 cm³/mol. The molecule has 0 spiro atoms. The second kappa shape index (κ2) is 6.31. The van der Waals surface area contributed by atoms with Gasteiger partial charge < -0.3 is 9.72 Å². The molecule has 0 saturated carbocycles. The number of nitrogens with zero attached hydrogens (tertiary/aromatic N) is 3. The van der Waals surface area contributed by atoms with Gasteiger partial charge >= 0.3 is 0 Å². The highest BCUT2D eigenvalue weighted by Crippen LogP contribution is 2.13.